The van der Waals surface area contributed by atoms with Gasteiger partial charge >= 0.3 is 5.97 Å². The number of pyridine rings is 1. The van der Waals surface area contributed by atoms with Gasteiger partial charge in [-0.25, -0.2) is 19.2 Å². The number of hydrogen-bond donors (Lipinski definition) is 2. The number of hydrogen-bond acceptors (Lipinski definition) is 5. The lowest BCUT2D eigenvalue weighted by Gasteiger charge is -2.03. The Balaban J connectivity index is 2.40. The quantitative estimate of drug-likeness (QED) is 0.810. The molecule has 2 heterocycles. The number of H-pyrrole nitrogens is 1. The third-order valence-corrected chi connectivity index (χ3v) is 2.81. The van der Waals surface area contributed by atoms with E-state index < -0.39 is 11.8 Å². The van der Waals surface area contributed by atoms with Gasteiger partial charge in [0.2, 0.25) is 0 Å². The maximum Gasteiger partial charge on any atom is 0.338 e. The minimum absolute atomic E-state index is 0.0539. The van der Waals surface area contributed by atoms with Crippen molar-refractivity contribution in [2.45, 2.75) is 10.2 Å². The molecule has 2 rings (SSSR count). The van der Waals surface area contributed by atoms with Crippen LogP contribution < -0.4 is 5.56 Å². The summed E-state index contributed by atoms with van der Waals surface area (Å²) in [5.41, 5.74) is -0.655. The zero-order valence-electron chi connectivity index (χ0n) is 8.75. The van der Waals surface area contributed by atoms with Crippen molar-refractivity contribution in [3.8, 4) is 0 Å². The minimum Gasteiger partial charge on any atom is -0.478 e. The molecule has 0 radical (unpaired) electrons. The third kappa shape index (κ3) is 2.72. The molecular weight excluding hydrogens is 261 g/mol. The summed E-state index contributed by atoms with van der Waals surface area (Å²) in [4.78, 5) is 31.9. The average Bonchev–Trinajstić information content (AvgIpc) is 2.31. The second-order valence-corrected chi connectivity index (χ2v) is 4.13. The Morgan fingerprint density at radius 3 is 2.89 bits per heavy atom. The van der Waals surface area contributed by atoms with Crippen LogP contribution in [0.15, 0.2) is 39.5 Å². The highest BCUT2D eigenvalue weighted by Crippen LogP contribution is 2.25. The molecule has 0 aliphatic rings. The molecule has 2 N–H and O–H groups in total. The number of carbonyl (C=O) groups is 1. The van der Waals surface area contributed by atoms with Crippen molar-refractivity contribution in [2.24, 2.45) is 0 Å². The second-order valence-electron chi connectivity index (χ2n) is 3.15. The number of carboxylic acids is 1. The molecule has 0 bridgehead atoms. The minimum atomic E-state index is -1.30. The molecule has 0 amide bonds. The van der Waals surface area contributed by atoms with E-state index in [1.165, 1.54) is 12.3 Å². The van der Waals surface area contributed by atoms with Crippen molar-refractivity contribution in [1.29, 1.82) is 0 Å². The SMILES string of the molecule is O=C(O)c1cc(F)cnc1Sc1nccc(=O)[nH]1. The van der Waals surface area contributed by atoms with Gasteiger partial charge in [0, 0.05) is 12.3 Å². The lowest BCUT2D eigenvalue weighted by Crippen LogP contribution is -2.06. The van der Waals surface area contributed by atoms with Gasteiger partial charge in [0.15, 0.2) is 5.16 Å². The van der Waals surface area contributed by atoms with Gasteiger partial charge in [0.05, 0.1) is 11.8 Å². The number of nitrogens with zero attached hydrogens (tertiary/aromatic N) is 2. The molecule has 0 atom stereocenters. The first-order valence-corrected chi connectivity index (χ1v) is 5.50. The van der Waals surface area contributed by atoms with Crippen molar-refractivity contribution in [1.82, 2.24) is 15.0 Å². The fraction of sp³-hybridized carbons (Fsp3) is 0. The maximum atomic E-state index is 12.9. The summed E-state index contributed by atoms with van der Waals surface area (Å²) < 4.78 is 12.9. The lowest BCUT2D eigenvalue weighted by atomic mass is 10.3. The van der Waals surface area contributed by atoms with Crippen LogP contribution in [0.4, 0.5) is 4.39 Å². The summed E-state index contributed by atoms with van der Waals surface area (Å²) in [6.07, 6.45) is 2.18. The van der Waals surface area contributed by atoms with Gasteiger partial charge in [-0.3, -0.25) is 4.79 Å². The van der Waals surface area contributed by atoms with Crippen molar-refractivity contribution < 1.29 is 14.3 Å². The van der Waals surface area contributed by atoms with Crippen LogP contribution in [-0.2, 0) is 0 Å². The topological polar surface area (TPSA) is 95.9 Å². The summed E-state index contributed by atoms with van der Waals surface area (Å²) in [5.74, 6) is -2.05. The smallest absolute Gasteiger partial charge is 0.338 e. The highest BCUT2D eigenvalue weighted by Gasteiger charge is 2.14. The molecule has 0 aromatic carbocycles. The monoisotopic (exact) mass is 267 g/mol. The van der Waals surface area contributed by atoms with Gasteiger partial charge in [-0.05, 0) is 17.8 Å². The molecule has 2 aromatic heterocycles. The van der Waals surface area contributed by atoms with Crippen molar-refractivity contribution in [3.63, 3.8) is 0 Å². The summed E-state index contributed by atoms with van der Waals surface area (Å²) in [6.45, 7) is 0. The van der Waals surface area contributed by atoms with Gasteiger partial charge in [-0.1, -0.05) is 0 Å². The molecule has 6 nitrogen and oxygen atoms in total. The highest BCUT2D eigenvalue weighted by molar-refractivity contribution is 7.99. The second kappa shape index (κ2) is 4.96. The van der Waals surface area contributed by atoms with Crippen LogP contribution in [0.25, 0.3) is 0 Å². The average molecular weight is 267 g/mol. The van der Waals surface area contributed by atoms with Crippen molar-refractivity contribution in [3.05, 3.63) is 46.3 Å². The first-order valence-electron chi connectivity index (χ1n) is 4.68. The van der Waals surface area contributed by atoms with Gasteiger partial charge in [0.1, 0.15) is 10.8 Å². The predicted molar refractivity (Wildman–Crippen MR) is 60.1 cm³/mol. The Kier molecular flexibility index (Phi) is 3.38. The van der Waals surface area contributed by atoms with Crippen LogP contribution in [0, 0.1) is 5.82 Å². The van der Waals surface area contributed by atoms with Crippen LogP contribution in [0.5, 0.6) is 0 Å². The number of rotatable bonds is 3. The van der Waals surface area contributed by atoms with E-state index >= 15 is 0 Å². The van der Waals surface area contributed by atoms with Crippen molar-refractivity contribution in [2.75, 3.05) is 0 Å². The molecule has 0 unspecified atom stereocenters. The molecule has 92 valence electrons. The molecule has 0 fully saturated rings. The Hall–Kier alpha value is -2.22. The Labute approximate surface area is 104 Å². The molecule has 18 heavy (non-hydrogen) atoms. The van der Waals surface area contributed by atoms with Gasteiger partial charge in [-0.2, -0.15) is 0 Å². The molecular formula is C10H6FN3O3S. The molecule has 0 aliphatic heterocycles. The van der Waals surface area contributed by atoms with E-state index in [0.717, 1.165) is 24.0 Å². The predicted octanol–water partition coefficient (Wildman–Crippen LogP) is 1.15. The van der Waals surface area contributed by atoms with Gasteiger partial charge < -0.3 is 10.1 Å². The van der Waals surface area contributed by atoms with Crippen LogP contribution in [0.1, 0.15) is 10.4 Å². The Bertz CT molecular complexity index is 659. The molecule has 2 aromatic rings. The van der Waals surface area contributed by atoms with E-state index in [1.807, 2.05) is 0 Å². The molecule has 8 heteroatoms. The largest absolute Gasteiger partial charge is 0.478 e. The highest BCUT2D eigenvalue weighted by atomic mass is 32.2. The van der Waals surface area contributed by atoms with Crippen LogP contribution in [-0.4, -0.2) is 26.0 Å². The van der Waals surface area contributed by atoms with E-state index in [-0.39, 0.29) is 21.3 Å². The number of aromatic nitrogens is 3. The number of nitrogens with one attached hydrogen (secondary N) is 1. The fourth-order valence-electron chi connectivity index (χ4n) is 1.16. The molecule has 0 saturated heterocycles. The van der Waals surface area contributed by atoms with Crippen LogP contribution in [0.2, 0.25) is 0 Å². The summed E-state index contributed by atoms with van der Waals surface area (Å²) in [7, 11) is 0. The maximum absolute atomic E-state index is 12.9. The standard InChI is InChI=1S/C10H6FN3O3S/c11-5-3-6(9(16)17)8(13-4-5)18-10-12-2-1-7(15)14-10/h1-4H,(H,16,17)(H,12,14,15). The zero-order valence-corrected chi connectivity index (χ0v) is 9.57. The van der Waals surface area contributed by atoms with E-state index in [1.54, 1.807) is 0 Å². The van der Waals surface area contributed by atoms with Crippen LogP contribution >= 0.6 is 11.8 Å². The summed E-state index contributed by atoms with van der Waals surface area (Å²) in [5, 5.41) is 9.15. The number of halogens is 1. The van der Waals surface area contributed by atoms with E-state index in [9.17, 15) is 14.0 Å². The number of carboxylic acid groups (broad SMARTS) is 1. The Morgan fingerprint density at radius 1 is 1.44 bits per heavy atom. The Morgan fingerprint density at radius 2 is 2.22 bits per heavy atom. The van der Waals surface area contributed by atoms with E-state index in [0.29, 0.717) is 0 Å². The van der Waals surface area contributed by atoms with E-state index in [2.05, 4.69) is 15.0 Å². The normalized spacial score (nSPS) is 10.3. The number of aromatic carboxylic acids is 1. The van der Waals surface area contributed by atoms with Gasteiger partial charge in [0.25, 0.3) is 5.56 Å². The summed E-state index contributed by atoms with van der Waals surface area (Å²) in [6, 6.07) is 2.08. The van der Waals surface area contributed by atoms with E-state index in [4.69, 9.17) is 5.11 Å². The summed E-state index contributed by atoms with van der Waals surface area (Å²) >= 11 is 0.840. The van der Waals surface area contributed by atoms with Crippen molar-refractivity contribution >= 4 is 17.7 Å². The molecule has 0 aliphatic carbocycles. The first-order chi connectivity index (χ1) is 8.56. The lowest BCUT2D eigenvalue weighted by molar-refractivity contribution is 0.0691. The third-order valence-electron chi connectivity index (χ3n) is 1.89. The molecule has 0 spiro atoms. The van der Waals surface area contributed by atoms with Gasteiger partial charge in [-0.15, -0.1) is 0 Å². The number of aromatic amines is 1. The van der Waals surface area contributed by atoms with Crippen LogP contribution in [0.3, 0.4) is 0 Å². The molecule has 0 saturated carbocycles. The fourth-order valence-corrected chi connectivity index (χ4v) is 1.97. The first kappa shape index (κ1) is 12.2. The zero-order chi connectivity index (χ0) is 13.1.